The molecule has 0 bridgehead atoms. The van der Waals surface area contributed by atoms with Gasteiger partial charge in [-0.25, -0.2) is 0 Å². The van der Waals surface area contributed by atoms with Crippen molar-refractivity contribution in [2.24, 2.45) is 17.8 Å². The summed E-state index contributed by atoms with van der Waals surface area (Å²) in [5.74, 6) is 2.44. The molecule has 1 heterocycles. The molecule has 1 aliphatic heterocycles. The highest BCUT2D eigenvalue weighted by molar-refractivity contribution is 4.97. The summed E-state index contributed by atoms with van der Waals surface area (Å²) in [6.07, 6.45) is 18.3. The Balaban J connectivity index is 1.39. The van der Waals surface area contributed by atoms with Gasteiger partial charge in [-0.3, -0.25) is 0 Å². The molecule has 0 aromatic rings. The smallest absolute Gasteiger partial charge is 0.168 e. The summed E-state index contributed by atoms with van der Waals surface area (Å²) in [5.41, 5.74) is 0. The van der Waals surface area contributed by atoms with E-state index in [-0.39, 0.29) is 5.79 Å². The van der Waals surface area contributed by atoms with Gasteiger partial charge in [0.15, 0.2) is 5.79 Å². The molecule has 0 radical (unpaired) electrons. The van der Waals surface area contributed by atoms with E-state index in [2.05, 4.69) is 19.1 Å². The molecule has 3 rings (SSSR count). The predicted octanol–water partition coefficient (Wildman–Crippen LogP) is 5.08. The van der Waals surface area contributed by atoms with Crippen molar-refractivity contribution < 1.29 is 9.47 Å². The van der Waals surface area contributed by atoms with Crippen LogP contribution in [0.25, 0.3) is 0 Å². The fourth-order valence-corrected chi connectivity index (χ4v) is 4.45. The highest BCUT2D eigenvalue weighted by Gasteiger charge is 2.39. The quantitative estimate of drug-likeness (QED) is 0.672. The Morgan fingerprint density at radius 1 is 0.857 bits per heavy atom. The average Bonchev–Trinajstić information content (AvgIpc) is 2.97. The van der Waals surface area contributed by atoms with E-state index in [0.717, 1.165) is 43.8 Å². The molecule has 21 heavy (non-hydrogen) atoms. The minimum atomic E-state index is -0.192. The van der Waals surface area contributed by atoms with E-state index in [1.807, 2.05) is 0 Å². The number of ether oxygens (including phenoxy) is 2. The molecule has 0 N–H and O–H groups in total. The molecule has 0 aromatic carbocycles. The minimum Gasteiger partial charge on any atom is -0.348 e. The second-order valence-corrected chi connectivity index (χ2v) is 7.40. The lowest BCUT2D eigenvalue weighted by Crippen LogP contribution is -2.34. The summed E-state index contributed by atoms with van der Waals surface area (Å²) in [6, 6.07) is 0. The van der Waals surface area contributed by atoms with Crippen molar-refractivity contribution in [1.29, 1.82) is 0 Å². The number of allylic oxidation sites excluding steroid dienone is 2. The summed E-state index contributed by atoms with van der Waals surface area (Å²) in [5, 5.41) is 0. The molecule has 0 atom stereocenters. The molecular formula is C19H32O2. The first kappa shape index (κ1) is 15.6. The van der Waals surface area contributed by atoms with Crippen molar-refractivity contribution in [3.05, 3.63) is 12.2 Å². The summed E-state index contributed by atoms with van der Waals surface area (Å²) in [6.45, 7) is 3.91. The third-order valence-electron chi connectivity index (χ3n) is 5.85. The van der Waals surface area contributed by atoms with Gasteiger partial charge in [0.25, 0.3) is 0 Å². The maximum absolute atomic E-state index is 5.81. The van der Waals surface area contributed by atoms with Crippen LogP contribution in [0.1, 0.15) is 71.1 Å². The SMILES string of the molecule is CCCC1CCC(/C=C/C2CCC3(CC2)OCCO3)CC1. The van der Waals surface area contributed by atoms with Gasteiger partial charge in [0.05, 0.1) is 13.2 Å². The van der Waals surface area contributed by atoms with E-state index in [1.165, 1.54) is 51.4 Å². The lowest BCUT2D eigenvalue weighted by molar-refractivity contribution is -0.180. The van der Waals surface area contributed by atoms with Crippen LogP contribution in [-0.2, 0) is 9.47 Å². The van der Waals surface area contributed by atoms with Crippen LogP contribution in [0.2, 0.25) is 0 Å². The average molecular weight is 292 g/mol. The molecular weight excluding hydrogens is 260 g/mol. The van der Waals surface area contributed by atoms with Gasteiger partial charge in [0.1, 0.15) is 0 Å². The number of hydrogen-bond acceptors (Lipinski definition) is 2. The first-order valence-electron chi connectivity index (χ1n) is 9.26. The van der Waals surface area contributed by atoms with Crippen LogP contribution in [-0.4, -0.2) is 19.0 Å². The summed E-state index contributed by atoms with van der Waals surface area (Å²) in [4.78, 5) is 0. The lowest BCUT2D eigenvalue weighted by Gasteiger charge is -2.34. The Bertz CT molecular complexity index is 325. The second kappa shape index (κ2) is 7.28. The van der Waals surface area contributed by atoms with Gasteiger partial charge in [0, 0.05) is 12.8 Å². The van der Waals surface area contributed by atoms with Gasteiger partial charge in [-0.2, -0.15) is 0 Å². The Hall–Kier alpha value is -0.340. The molecule has 2 nitrogen and oxygen atoms in total. The van der Waals surface area contributed by atoms with Gasteiger partial charge >= 0.3 is 0 Å². The van der Waals surface area contributed by atoms with Crippen LogP contribution in [0.3, 0.4) is 0 Å². The van der Waals surface area contributed by atoms with Gasteiger partial charge in [-0.05, 0) is 56.3 Å². The standard InChI is InChI=1S/C19H32O2/c1-2-3-16-4-6-17(7-5-16)8-9-18-10-12-19(13-11-18)20-14-15-21-19/h8-9,16-18H,2-7,10-15H2,1H3/b9-8+. The summed E-state index contributed by atoms with van der Waals surface area (Å²) < 4.78 is 11.6. The largest absolute Gasteiger partial charge is 0.348 e. The Kier molecular flexibility index (Phi) is 5.39. The van der Waals surface area contributed by atoms with Crippen molar-refractivity contribution in [2.45, 2.75) is 76.9 Å². The molecule has 0 unspecified atom stereocenters. The number of hydrogen-bond donors (Lipinski definition) is 0. The fourth-order valence-electron chi connectivity index (χ4n) is 4.45. The van der Waals surface area contributed by atoms with Crippen LogP contribution in [0, 0.1) is 17.8 Å². The second-order valence-electron chi connectivity index (χ2n) is 7.40. The van der Waals surface area contributed by atoms with Crippen LogP contribution in [0.5, 0.6) is 0 Å². The van der Waals surface area contributed by atoms with Crippen molar-refractivity contribution in [3.8, 4) is 0 Å². The van der Waals surface area contributed by atoms with Crippen LogP contribution in [0.4, 0.5) is 0 Å². The highest BCUT2D eigenvalue weighted by atomic mass is 16.7. The van der Waals surface area contributed by atoms with E-state index in [4.69, 9.17) is 9.47 Å². The van der Waals surface area contributed by atoms with Gasteiger partial charge < -0.3 is 9.47 Å². The zero-order valence-electron chi connectivity index (χ0n) is 13.7. The molecule has 3 fully saturated rings. The van der Waals surface area contributed by atoms with Crippen LogP contribution < -0.4 is 0 Å². The molecule has 1 spiro atoms. The highest BCUT2D eigenvalue weighted by Crippen LogP contribution is 2.39. The van der Waals surface area contributed by atoms with Crippen LogP contribution >= 0.6 is 0 Å². The minimum absolute atomic E-state index is 0.192. The monoisotopic (exact) mass is 292 g/mol. The normalized spacial score (nSPS) is 34.0. The Morgan fingerprint density at radius 3 is 2.00 bits per heavy atom. The van der Waals surface area contributed by atoms with Gasteiger partial charge in [0.2, 0.25) is 0 Å². The third-order valence-corrected chi connectivity index (χ3v) is 5.85. The molecule has 2 aliphatic carbocycles. The molecule has 2 heteroatoms. The first-order chi connectivity index (χ1) is 10.3. The van der Waals surface area contributed by atoms with Crippen molar-refractivity contribution in [2.75, 3.05) is 13.2 Å². The van der Waals surface area contributed by atoms with Gasteiger partial charge in [-0.15, -0.1) is 0 Å². The van der Waals surface area contributed by atoms with E-state index < -0.39 is 0 Å². The predicted molar refractivity (Wildman–Crippen MR) is 86.1 cm³/mol. The van der Waals surface area contributed by atoms with Gasteiger partial charge in [-0.1, -0.05) is 31.9 Å². The van der Waals surface area contributed by atoms with Crippen LogP contribution in [0.15, 0.2) is 12.2 Å². The molecule has 1 saturated heterocycles. The van der Waals surface area contributed by atoms with Crippen molar-refractivity contribution in [1.82, 2.24) is 0 Å². The molecule has 0 aromatic heterocycles. The maximum atomic E-state index is 5.81. The zero-order chi connectivity index (χ0) is 14.5. The summed E-state index contributed by atoms with van der Waals surface area (Å²) in [7, 11) is 0. The van der Waals surface area contributed by atoms with E-state index in [0.29, 0.717) is 0 Å². The van der Waals surface area contributed by atoms with E-state index in [1.54, 1.807) is 0 Å². The fraction of sp³-hybridized carbons (Fsp3) is 0.895. The Morgan fingerprint density at radius 2 is 1.43 bits per heavy atom. The van der Waals surface area contributed by atoms with E-state index >= 15 is 0 Å². The van der Waals surface area contributed by atoms with Crippen molar-refractivity contribution >= 4 is 0 Å². The molecule has 3 aliphatic rings. The molecule has 120 valence electrons. The maximum Gasteiger partial charge on any atom is 0.168 e. The topological polar surface area (TPSA) is 18.5 Å². The zero-order valence-corrected chi connectivity index (χ0v) is 13.7. The summed E-state index contributed by atoms with van der Waals surface area (Å²) >= 11 is 0. The lowest BCUT2D eigenvalue weighted by atomic mass is 9.79. The van der Waals surface area contributed by atoms with E-state index in [9.17, 15) is 0 Å². The number of rotatable bonds is 4. The Labute approximate surface area is 130 Å². The molecule has 2 saturated carbocycles. The third kappa shape index (κ3) is 4.10. The first-order valence-corrected chi connectivity index (χ1v) is 9.26. The van der Waals surface area contributed by atoms with Crippen molar-refractivity contribution in [3.63, 3.8) is 0 Å². The molecule has 0 amide bonds.